The average Bonchev–Trinajstić information content (AvgIpc) is 2.35. The van der Waals surface area contributed by atoms with E-state index in [-0.39, 0.29) is 0 Å². The third-order valence-electron chi connectivity index (χ3n) is 2.70. The summed E-state index contributed by atoms with van der Waals surface area (Å²) in [6, 6.07) is 13.3. The first-order chi connectivity index (χ1) is 8.24. The van der Waals surface area contributed by atoms with E-state index in [0.717, 1.165) is 16.3 Å². The minimum absolute atomic E-state index is 0.427. The van der Waals surface area contributed by atoms with E-state index < -0.39 is 5.91 Å². The van der Waals surface area contributed by atoms with Crippen LogP contribution in [0.2, 0.25) is 0 Å². The van der Waals surface area contributed by atoms with Crippen LogP contribution >= 0.6 is 0 Å². The first kappa shape index (κ1) is 11.2. The number of rotatable bonds is 3. The third kappa shape index (κ3) is 2.11. The molecule has 0 aliphatic heterocycles. The van der Waals surface area contributed by atoms with E-state index in [1.165, 1.54) is 6.42 Å². The Morgan fingerprint density at radius 2 is 2.06 bits per heavy atom. The van der Waals surface area contributed by atoms with Crippen LogP contribution in [0, 0.1) is 17.8 Å². The molecule has 0 aromatic heterocycles. The van der Waals surface area contributed by atoms with Crippen molar-refractivity contribution in [1.82, 2.24) is 0 Å². The number of hydrogen-bond donors (Lipinski definition) is 1. The van der Waals surface area contributed by atoms with Crippen molar-refractivity contribution in [2.24, 2.45) is 5.73 Å². The molecule has 3 heteroatoms. The second-order valence-electron chi connectivity index (χ2n) is 3.71. The van der Waals surface area contributed by atoms with Gasteiger partial charge < -0.3 is 5.73 Å². The number of carbonyl (C=O) groups excluding carboxylic acids is 1. The van der Waals surface area contributed by atoms with Gasteiger partial charge in [0.1, 0.15) is 0 Å². The van der Waals surface area contributed by atoms with E-state index in [9.17, 15) is 4.79 Å². The van der Waals surface area contributed by atoms with Crippen molar-refractivity contribution < 1.29 is 4.79 Å². The number of primary amides is 1. The fraction of sp³-hybridized carbons (Fsp3) is 0.0714. The van der Waals surface area contributed by atoms with Gasteiger partial charge in [-0.1, -0.05) is 30.3 Å². The molecule has 0 saturated carbocycles. The van der Waals surface area contributed by atoms with Gasteiger partial charge in [-0.2, -0.15) is 5.26 Å². The first-order valence-electron chi connectivity index (χ1n) is 5.25. The standard InChI is InChI=1S/C14H11N2O/c15-9-3-6-12-11-5-2-1-4-10(11)7-8-13(12)14(16)17/h1-5,7-8H,6H2,(H2,16,17). The van der Waals surface area contributed by atoms with Crippen LogP contribution in [0.25, 0.3) is 10.8 Å². The van der Waals surface area contributed by atoms with E-state index in [0.29, 0.717) is 12.0 Å². The van der Waals surface area contributed by atoms with Gasteiger partial charge in [0.2, 0.25) is 5.91 Å². The summed E-state index contributed by atoms with van der Waals surface area (Å²) >= 11 is 0. The lowest BCUT2D eigenvalue weighted by Gasteiger charge is -2.09. The van der Waals surface area contributed by atoms with Gasteiger partial charge >= 0.3 is 0 Å². The Morgan fingerprint density at radius 1 is 1.29 bits per heavy atom. The van der Waals surface area contributed by atoms with Crippen molar-refractivity contribution in [3.8, 4) is 6.07 Å². The highest BCUT2D eigenvalue weighted by Gasteiger charge is 2.11. The van der Waals surface area contributed by atoms with Crippen molar-refractivity contribution in [2.75, 3.05) is 0 Å². The summed E-state index contributed by atoms with van der Waals surface area (Å²) < 4.78 is 0. The number of carbonyl (C=O) groups is 1. The smallest absolute Gasteiger partial charge is 0.248 e. The van der Waals surface area contributed by atoms with Crippen LogP contribution in [0.4, 0.5) is 0 Å². The van der Waals surface area contributed by atoms with Gasteiger partial charge in [0, 0.05) is 5.56 Å². The third-order valence-corrected chi connectivity index (χ3v) is 2.70. The second-order valence-corrected chi connectivity index (χ2v) is 3.71. The molecule has 1 amide bonds. The number of amides is 1. The number of hydrogen-bond acceptors (Lipinski definition) is 2. The molecule has 2 aromatic rings. The van der Waals surface area contributed by atoms with Crippen molar-refractivity contribution in [3.63, 3.8) is 0 Å². The molecule has 0 atom stereocenters. The van der Waals surface area contributed by atoms with Gasteiger partial charge in [-0.25, -0.2) is 0 Å². The summed E-state index contributed by atoms with van der Waals surface area (Å²) in [5.74, 6) is -0.461. The summed E-state index contributed by atoms with van der Waals surface area (Å²) in [4.78, 5) is 11.4. The fourth-order valence-electron chi connectivity index (χ4n) is 1.93. The van der Waals surface area contributed by atoms with Crippen molar-refractivity contribution in [3.05, 3.63) is 53.9 Å². The summed E-state index contributed by atoms with van der Waals surface area (Å²) in [6.45, 7) is 0. The number of benzene rings is 2. The average molecular weight is 223 g/mol. The molecule has 0 heterocycles. The Bertz CT molecular complexity index is 611. The van der Waals surface area contributed by atoms with Crippen LogP contribution in [0.3, 0.4) is 0 Å². The number of nitriles is 1. The van der Waals surface area contributed by atoms with Gasteiger partial charge in [-0.15, -0.1) is 0 Å². The highest BCUT2D eigenvalue weighted by atomic mass is 16.1. The summed E-state index contributed by atoms with van der Waals surface area (Å²) in [7, 11) is 0. The van der Waals surface area contributed by atoms with E-state index in [4.69, 9.17) is 11.0 Å². The molecule has 1 radical (unpaired) electrons. The van der Waals surface area contributed by atoms with Crippen LogP contribution in [-0.4, -0.2) is 5.91 Å². The molecule has 83 valence electrons. The minimum Gasteiger partial charge on any atom is -0.366 e. The number of nitrogens with zero attached hydrogens (tertiary/aromatic N) is 1. The quantitative estimate of drug-likeness (QED) is 0.866. The van der Waals surface area contributed by atoms with E-state index in [2.05, 4.69) is 0 Å². The van der Waals surface area contributed by atoms with Crippen LogP contribution in [-0.2, 0) is 6.42 Å². The van der Waals surface area contributed by atoms with Crippen LogP contribution in [0.5, 0.6) is 0 Å². The molecule has 0 spiro atoms. The molecule has 0 unspecified atom stereocenters. The zero-order valence-corrected chi connectivity index (χ0v) is 9.18. The second kappa shape index (κ2) is 4.67. The van der Waals surface area contributed by atoms with Crippen molar-refractivity contribution in [1.29, 1.82) is 5.26 Å². The molecule has 0 bridgehead atoms. The molecule has 2 rings (SSSR count). The van der Waals surface area contributed by atoms with Crippen molar-refractivity contribution in [2.45, 2.75) is 6.42 Å². The lowest BCUT2D eigenvalue weighted by atomic mass is 9.95. The molecule has 2 N–H and O–H groups in total. The molecule has 17 heavy (non-hydrogen) atoms. The molecular formula is C14H11N2O. The zero-order valence-electron chi connectivity index (χ0n) is 9.18. The Morgan fingerprint density at radius 3 is 2.76 bits per heavy atom. The molecule has 0 aliphatic rings. The monoisotopic (exact) mass is 223 g/mol. The maximum Gasteiger partial charge on any atom is 0.248 e. The highest BCUT2D eigenvalue weighted by molar-refractivity contribution is 6.00. The number of fused-ring (bicyclic) bond motifs is 1. The predicted octanol–water partition coefficient (Wildman–Crippen LogP) is 2.21. The first-order valence-corrected chi connectivity index (χ1v) is 5.25. The van der Waals surface area contributed by atoms with E-state index >= 15 is 0 Å². The maximum atomic E-state index is 11.4. The molecule has 0 saturated heterocycles. The van der Waals surface area contributed by atoms with Crippen molar-refractivity contribution >= 4 is 16.7 Å². The van der Waals surface area contributed by atoms with Crippen LogP contribution in [0.15, 0.2) is 36.4 Å². The lowest BCUT2D eigenvalue weighted by molar-refractivity contribution is 0.0999. The fourth-order valence-corrected chi connectivity index (χ4v) is 1.93. The van der Waals surface area contributed by atoms with Crippen LogP contribution in [0.1, 0.15) is 15.9 Å². The molecule has 2 aromatic carbocycles. The predicted molar refractivity (Wildman–Crippen MR) is 66.1 cm³/mol. The lowest BCUT2D eigenvalue weighted by Crippen LogP contribution is -2.14. The molecule has 3 nitrogen and oxygen atoms in total. The van der Waals surface area contributed by atoms with Gasteiger partial charge in [0.25, 0.3) is 0 Å². The topological polar surface area (TPSA) is 66.9 Å². The molecule has 0 fully saturated rings. The Hall–Kier alpha value is -2.34. The van der Waals surface area contributed by atoms with E-state index in [1.54, 1.807) is 6.07 Å². The van der Waals surface area contributed by atoms with Gasteiger partial charge in [0.15, 0.2) is 0 Å². The minimum atomic E-state index is -0.461. The summed E-state index contributed by atoms with van der Waals surface area (Å²) in [6.07, 6.45) is 1.89. The van der Waals surface area contributed by atoms with Crippen LogP contribution < -0.4 is 5.73 Å². The Kier molecular flexibility index (Phi) is 3.06. The largest absolute Gasteiger partial charge is 0.366 e. The van der Waals surface area contributed by atoms with Gasteiger partial charge in [0.05, 0.1) is 12.5 Å². The summed E-state index contributed by atoms with van der Waals surface area (Å²) in [5, 5.41) is 10.6. The maximum absolute atomic E-state index is 11.4. The number of nitrogens with two attached hydrogens (primary N) is 1. The SMILES string of the molecule is N#C[CH]Cc1c(C(N)=O)ccc2ccccc12. The molecule has 0 aliphatic carbocycles. The van der Waals surface area contributed by atoms with E-state index in [1.807, 2.05) is 36.4 Å². The highest BCUT2D eigenvalue weighted by Crippen LogP contribution is 2.23. The summed E-state index contributed by atoms with van der Waals surface area (Å²) in [5.41, 5.74) is 6.64. The molecular weight excluding hydrogens is 212 g/mol. The van der Waals surface area contributed by atoms with Gasteiger partial charge in [-0.05, 0) is 28.8 Å². The normalized spacial score (nSPS) is 10.1. The zero-order chi connectivity index (χ0) is 12.3. The Labute approximate surface area is 99.5 Å². The van der Waals surface area contributed by atoms with Gasteiger partial charge in [-0.3, -0.25) is 4.79 Å². The Balaban J connectivity index is 2.66.